The maximum Gasteiger partial charge on any atom is 0.188 e. The summed E-state index contributed by atoms with van der Waals surface area (Å²) in [6.07, 6.45) is 0. The Labute approximate surface area is 124 Å². The maximum absolute atomic E-state index is 13.9. The second kappa shape index (κ2) is 5.31. The first-order valence-electron chi connectivity index (χ1n) is 6.58. The maximum atomic E-state index is 13.9. The number of hydrogen-bond acceptors (Lipinski definition) is 3. The van der Waals surface area contributed by atoms with Crippen LogP contribution >= 0.6 is 0 Å². The predicted molar refractivity (Wildman–Crippen MR) is 77.5 cm³/mol. The molecule has 0 saturated carbocycles. The lowest BCUT2D eigenvalue weighted by Gasteiger charge is -2.04. The number of ketones is 1. The average Bonchev–Trinajstić information content (AvgIpc) is 2.85. The molecule has 1 aromatic heterocycles. The van der Waals surface area contributed by atoms with Crippen LogP contribution in [0.3, 0.4) is 0 Å². The van der Waals surface area contributed by atoms with E-state index in [2.05, 4.69) is 4.98 Å². The van der Waals surface area contributed by atoms with Crippen molar-refractivity contribution in [2.75, 3.05) is 6.61 Å². The molecule has 0 fully saturated rings. The number of aliphatic hydroxyl groups is 1. The highest BCUT2D eigenvalue weighted by Crippen LogP contribution is 2.27. The van der Waals surface area contributed by atoms with Crippen molar-refractivity contribution in [3.05, 3.63) is 53.6 Å². The minimum Gasteiger partial charge on any atom is -0.388 e. The van der Waals surface area contributed by atoms with Gasteiger partial charge in [0.05, 0.1) is 16.6 Å². The van der Waals surface area contributed by atoms with Crippen LogP contribution in [0.4, 0.5) is 8.78 Å². The van der Waals surface area contributed by atoms with Crippen LogP contribution in [0.5, 0.6) is 0 Å². The molecule has 112 valence electrons. The summed E-state index contributed by atoms with van der Waals surface area (Å²) in [7, 11) is 1.68. The summed E-state index contributed by atoms with van der Waals surface area (Å²) in [5.41, 5.74) is 1.52. The molecule has 0 saturated heterocycles. The van der Waals surface area contributed by atoms with Gasteiger partial charge >= 0.3 is 0 Å². The van der Waals surface area contributed by atoms with Crippen molar-refractivity contribution in [3.8, 4) is 11.4 Å². The first-order valence-corrected chi connectivity index (χ1v) is 6.58. The molecule has 3 aromatic rings. The van der Waals surface area contributed by atoms with Crippen molar-refractivity contribution in [1.82, 2.24) is 9.55 Å². The molecule has 1 heterocycles. The predicted octanol–water partition coefficient (Wildman–Crippen LogP) is 2.69. The van der Waals surface area contributed by atoms with Crippen LogP contribution in [-0.4, -0.2) is 27.0 Å². The third-order valence-corrected chi connectivity index (χ3v) is 3.54. The molecule has 3 rings (SSSR count). The van der Waals surface area contributed by atoms with Gasteiger partial charge in [-0.25, -0.2) is 13.8 Å². The number of aromatic nitrogens is 2. The summed E-state index contributed by atoms with van der Waals surface area (Å²) >= 11 is 0. The Morgan fingerprint density at radius 2 is 2.05 bits per heavy atom. The number of fused-ring (bicyclic) bond motifs is 1. The van der Waals surface area contributed by atoms with Gasteiger partial charge in [-0.2, -0.15) is 0 Å². The van der Waals surface area contributed by atoms with Crippen molar-refractivity contribution < 1.29 is 18.7 Å². The summed E-state index contributed by atoms with van der Waals surface area (Å²) in [5.74, 6) is -2.07. The highest BCUT2D eigenvalue weighted by molar-refractivity contribution is 6.00. The Balaban J connectivity index is 2.21. The molecule has 6 heteroatoms. The third kappa shape index (κ3) is 2.17. The smallest absolute Gasteiger partial charge is 0.188 e. The summed E-state index contributed by atoms with van der Waals surface area (Å²) in [5, 5.41) is 8.90. The van der Waals surface area contributed by atoms with E-state index in [4.69, 9.17) is 5.11 Å². The molecule has 0 aliphatic heterocycles. The van der Waals surface area contributed by atoms with Gasteiger partial charge < -0.3 is 9.67 Å². The van der Waals surface area contributed by atoms with E-state index in [1.165, 1.54) is 18.2 Å². The van der Waals surface area contributed by atoms with Crippen LogP contribution < -0.4 is 0 Å². The number of aryl methyl sites for hydroxylation is 1. The average molecular weight is 302 g/mol. The van der Waals surface area contributed by atoms with Gasteiger partial charge in [0, 0.05) is 12.6 Å². The van der Waals surface area contributed by atoms with Gasteiger partial charge in [0.2, 0.25) is 0 Å². The largest absolute Gasteiger partial charge is 0.388 e. The molecule has 2 aromatic carbocycles. The number of hydrogen-bond donors (Lipinski definition) is 1. The first kappa shape index (κ1) is 14.3. The van der Waals surface area contributed by atoms with Crippen LogP contribution in [-0.2, 0) is 7.05 Å². The van der Waals surface area contributed by atoms with Crippen molar-refractivity contribution in [3.63, 3.8) is 0 Å². The molecule has 0 unspecified atom stereocenters. The Bertz CT molecular complexity index is 887. The second-order valence-corrected chi connectivity index (χ2v) is 4.88. The minimum atomic E-state index is -0.965. The van der Waals surface area contributed by atoms with Gasteiger partial charge in [-0.1, -0.05) is 6.07 Å². The van der Waals surface area contributed by atoms with Gasteiger partial charge in [0.1, 0.15) is 12.4 Å². The fourth-order valence-electron chi connectivity index (χ4n) is 2.38. The lowest BCUT2D eigenvalue weighted by molar-refractivity contribution is 0.0904. The van der Waals surface area contributed by atoms with E-state index in [1.54, 1.807) is 23.7 Å². The minimum absolute atomic E-state index is 0.0498. The van der Waals surface area contributed by atoms with Crippen LogP contribution in [0.2, 0.25) is 0 Å². The van der Waals surface area contributed by atoms with Crippen molar-refractivity contribution in [2.24, 2.45) is 7.05 Å². The highest BCUT2D eigenvalue weighted by atomic mass is 19.2. The van der Waals surface area contributed by atoms with Gasteiger partial charge in [-0.3, -0.25) is 4.79 Å². The zero-order chi connectivity index (χ0) is 15.9. The Kier molecular flexibility index (Phi) is 3.46. The summed E-state index contributed by atoms with van der Waals surface area (Å²) < 4.78 is 29.0. The quantitative estimate of drug-likeness (QED) is 0.757. The lowest BCUT2D eigenvalue weighted by atomic mass is 10.1. The van der Waals surface area contributed by atoms with E-state index in [9.17, 15) is 13.6 Å². The fraction of sp³-hybridized carbons (Fsp3) is 0.125. The lowest BCUT2D eigenvalue weighted by Crippen LogP contribution is -2.03. The molecule has 1 N–H and O–H groups in total. The normalized spacial score (nSPS) is 11.1. The number of Topliss-reactive ketones (excluding diaryl/α,β-unsaturated/α-hetero) is 1. The van der Waals surface area contributed by atoms with E-state index in [-0.39, 0.29) is 11.4 Å². The molecular formula is C16H12F2N2O2. The van der Waals surface area contributed by atoms with Crippen molar-refractivity contribution in [2.45, 2.75) is 0 Å². The van der Waals surface area contributed by atoms with Crippen molar-refractivity contribution in [1.29, 1.82) is 0 Å². The first-order chi connectivity index (χ1) is 10.5. The molecule has 0 aliphatic rings. The molecule has 0 radical (unpaired) electrons. The number of halogens is 2. The zero-order valence-corrected chi connectivity index (χ0v) is 11.7. The highest BCUT2D eigenvalue weighted by Gasteiger charge is 2.17. The van der Waals surface area contributed by atoms with Crippen LogP contribution in [0.1, 0.15) is 10.4 Å². The molecule has 0 amide bonds. The molecule has 22 heavy (non-hydrogen) atoms. The van der Waals surface area contributed by atoms with E-state index >= 15 is 0 Å². The number of carbonyl (C=O) groups excluding carboxylic acids is 1. The van der Waals surface area contributed by atoms with Crippen LogP contribution in [0.25, 0.3) is 22.4 Å². The zero-order valence-electron chi connectivity index (χ0n) is 11.7. The van der Waals surface area contributed by atoms with Gasteiger partial charge in [0.25, 0.3) is 0 Å². The molecule has 0 bridgehead atoms. The molecule has 0 spiro atoms. The standard InChI is InChI=1S/C16H12F2N2O2/c1-20-13-6-5-9(14(22)8-21)7-12(13)19-16(20)10-3-2-4-11(17)15(10)18/h2-7,21H,8H2,1H3. The van der Waals surface area contributed by atoms with Crippen molar-refractivity contribution >= 4 is 16.8 Å². The van der Waals surface area contributed by atoms with Gasteiger partial charge in [0.15, 0.2) is 17.4 Å². The molecular weight excluding hydrogens is 290 g/mol. The number of aliphatic hydroxyl groups excluding tert-OH is 1. The number of imidazole rings is 1. The van der Waals surface area contributed by atoms with Gasteiger partial charge in [-0.15, -0.1) is 0 Å². The molecule has 0 atom stereocenters. The van der Waals surface area contributed by atoms with E-state index in [0.29, 0.717) is 16.6 Å². The van der Waals surface area contributed by atoms with E-state index in [0.717, 1.165) is 6.07 Å². The number of benzene rings is 2. The van der Waals surface area contributed by atoms with E-state index < -0.39 is 24.0 Å². The second-order valence-electron chi connectivity index (χ2n) is 4.88. The summed E-state index contributed by atoms with van der Waals surface area (Å²) in [6.45, 7) is -0.594. The van der Waals surface area contributed by atoms with E-state index in [1.807, 2.05) is 0 Å². The number of carbonyl (C=O) groups is 1. The molecule has 4 nitrogen and oxygen atoms in total. The summed E-state index contributed by atoms with van der Waals surface area (Å²) in [4.78, 5) is 15.8. The third-order valence-electron chi connectivity index (χ3n) is 3.54. The monoisotopic (exact) mass is 302 g/mol. The number of nitrogens with zero attached hydrogens (tertiary/aromatic N) is 2. The van der Waals surface area contributed by atoms with Gasteiger partial charge in [-0.05, 0) is 30.3 Å². The van der Waals surface area contributed by atoms with Crippen LogP contribution in [0.15, 0.2) is 36.4 Å². The Hall–Kier alpha value is -2.60. The van der Waals surface area contributed by atoms with Crippen LogP contribution in [0, 0.1) is 11.6 Å². The SMILES string of the molecule is Cn1c(-c2cccc(F)c2F)nc2cc(C(=O)CO)ccc21. The molecule has 0 aliphatic carbocycles. The topological polar surface area (TPSA) is 55.1 Å². The Morgan fingerprint density at radius 3 is 2.77 bits per heavy atom. The number of rotatable bonds is 3. The Morgan fingerprint density at radius 1 is 1.27 bits per heavy atom. The summed E-state index contributed by atoms with van der Waals surface area (Å²) in [6, 6.07) is 8.64. The fourth-order valence-corrected chi connectivity index (χ4v) is 2.38.